The van der Waals surface area contributed by atoms with E-state index in [0.29, 0.717) is 19.4 Å². The van der Waals surface area contributed by atoms with Gasteiger partial charge in [-0.15, -0.1) is 13.2 Å². The number of hydrogen-bond donors (Lipinski definition) is 3. The highest BCUT2D eigenvalue weighted by atomic mass is 16.6. The number of ether oxygens (including phenoxy) is 2. The van der Waals surface area contributed by atoms with E-state index in [1.54, 1.807) is 17.1 Å². The molecule has 0 saturated carbocycles. The van der Waals surface area contributed by atoms with E-state index >= 15 is 0 Å². The molecular formula is C44H53N3O7. The van der Waals surface area contributed by atoms with E-state index in [0.717, 1.165) is 33.4 Å². The summed E-state index contributed by atoms with van der Waals surface area (Å²) >= 11 is 0. The van der Waals surface area contributed by atoms with E-state index in [4.69, 9.17) is 9.47 Å². The monoisotopic (exact) mass is 735 g/mol. The van der Waals surface area contributed by atoms with Crippen LogP contribution in [0.15, 0.2) is 98.1 Å². The van der Waals surface area contributed by atoms with Gasteiger partial charge in [0, 0.05) is 18.9 Å². The number of nitrogens with zero attached hydrogens (tertiary/aromatic N) is 1. The Balaban J connectivity index is 1.19. The highest BCUT2D eigenvalue weighted by Crippen LogP contribution is 2.44. The molecule has 0 bridgehead atoms. The average molecular weight is 736 g/mol. The first kappa shape index (κ1) is 40.0. The molecule has 1 aliphatic heterocycles. The maximum absolute atomic E-state index is 13.8. The Morgan fingerprint density at radius 1 is 0.889 bits per heavy atom. The largest absolute Gasteiger partial charge is 0.462 e. The summed E-state index contributed by atoms with van der Waals surface area (Å²) in [7, 11) is 0. The molecule has 0 aromatic heterocycles. The molecule has 4 atom stereocenters. The third-order valence-corrected chi connectivity index (χ3v) is 10.5. The molecule has 2 aliphatic rings. The van der Waals surface area contributed by atoms with Crippen molar-refractivity contribution in [3.63, 3.8) is 0 Å². The Morgan fingerprint density at radius 2 is 1.52 bits per heavy atom. The number of nitrogens with one attached hydrogen (secondary N) is 2. The number of esters is 1. The summed E-state index contributed by atoms with van der Waals surface area (Å²) in [6, 6.07) is 22.0. The van der Waals surface area contributed by atoms with Crippen molar-refractivity contribution in [1.82, 2.24) is 15.5 Å². The Kier molecular flexibility index (Phi) is 13.5. The summed E-state index contributed by atoms with van der Waals surface area (Å²) < 4.78 is 11.5. The zero-order chi connectivity index (χ0) is 38.8. The van der Waals surface area contributed by atoms with Crippen LogP contribution < -0.4 is 10.6 Å². The Morgan fingerprint density at radius 3 is 2.13 bits per heavy atom. The second-order valence-electron chi connectivity index (χ2n) is 15.2. The summed E-state index contributed by atoms with van der Waals surface area (Å²) in [5.74, 6) is -2.11. The molecule has 5 rings (SSSR count). The predicted octanol–water partition coefficient (Wildman–Crippen LogP) is 6.46. The minimum absolute atomic E-state index is 0.0686. The third-order valence-electron chi connectivity index (χ3n) is 10.5. The molecule has 3 N–H and O–H groups in total. The van der Waals surface area contributed by atoms with Gasteiger partial charge in [-0.25, -0.2) is 9.59 Å². The number of fused-ring (bicyclic) bond motifs is 4. The Hall–Kier alpha value is -5.22. The standard InChI is InChI=1S/C44H53N3O7/c1-6-8-22-38(45-43(52)54-27-37-35-20-13-11-18-33(35)34-19-12-14-21-36(34)37)42(51)53-28-39(44(3,4)5)46-41(50)30(15-7-2)24-40(49)47-25-31-17-10-9-16-29(31)23-32(47)26-48/h6-7,9-14,16-21,30,32,37-39,48H,1-2,8,15,22-28H2,3-5H3,(H,45,52)(H,46,50)/t30-,32+,38+,39-/m1/s1. The number of allylic oxidation sites excluding steroid dienone is 2. The van der Waals surface area contributed by atoms with E-state index in [-0.39, 0.29) is 62.9 Å². The van der Waals surface area contributed by atoms with Gasteiger partial charge in [-0.1, -0.05) is 106 Å². The number of amides is 3. The molecule has 0 unspecified atom stereocenters. The first-order chi connectivity index (χ1) is 25.9. The van der Waals surface area contributed by atoms with Crippen molar-refractivity contribution in [2.24, 2.45) is 11.3 Å². The van der Waals surface area contributed by atoms with E-state index in [1.807, 2.05) is 81.4 Å². The molecule has 10 nitrogen and oxygen atoms in total. The topological polar surface area (TPSA) is 134 Å². The van der Waals surface area contributed by atoms with Crippen LogP contribution in [0.4, 0.5) is 4.79 Å². The maximum Gasteiger partial charge on any atom is 0.407 e. The first-order valence-corrected chi connectivity index (χ1v) is 18.7. The molecule has 3 amide bonds. The normalized spacial score (nSPS) is 16.4. The maximum atomic E-state index is 13.8. The number of aliphatic hydroxyl groups excluding tert-OH is 1. The number of carbonyl (C=O) groups excluding carboxylic acids is 4. The average Bonchev–Trinajstić information content (AvgIpc) is 3.49. The lowest BCUT2D eigenvalue weighted by molar-refractivity contribution is -0.148. The highest BCUT2D eigenvalue weighted by molar-refractivity contribution is 5.87. The first-order valence-electron chi connectivity index (χ1n) is 18.7. The molecule has 1 aliphatic carbocycles. The van der Waals surface area contributed by atoms with Crippen LogP contribution in [0.2, 0.25) is 0 Å². The zero-order valence-corrected chi connectivity index (χ0v) is 31.6. The van der Waals surface area contributed by atoms with Gasteiger partial charge in [-0.3, -0.25) is 9.59 Å². The molecule has 3 aromatic carbocycles. The van der Waals surface area contributed by atoms with E-state index < -0.39 is 35.5 Å². The fraction of sp³-hybridized carbons (Fsp3) is 0.409. The minimum atomic E-state index is -1.00. The van der Waals surface area contributed by atoms with Gasteiger partial charge >= 0.3 is 12.1 Å². The van der Waals surface area contributed by atoms with E-state index in [2.05, 4.69) is 35.9 Å². The summed E-state index contributed by atoms with van der Waals surface area (Å²) in [6.07, 6.45) is 3.95. The van der Waals surface area contributed by atoms with Crippen molar-refractivity contribution in [3.8, 4) is 11.1 Å². The van der Waals surface area contributed by atoms with Crippen molar-refractivity contribution in [1.29, 1.82) is 0 Å². The second-order valence-corrected chi connectivity index (χ2v) is 15.2. The van der Waals surface area contributed by atoms with Gasteiger partial charge in [0.2, 0.25) is 11.8 Å². The molecular weight excluding hydrogens is 682 g/mol. The summed E-state index contributed by atoms with van der Waals surface area (Å²) in [6.45, 7) is 13.4. The van der Waals surface area contributed by atoms with Crippen molar-refractivity contribution in [2.45, 2.75) is 83.5 Å². The lowest BCUT2D eigenvalue weighted by Crippen LogP contribution is -2.51. The van der Waals surface area contributed by atoms with Gasteiger partial charge in [0.05, 0.1) is 24.6 Å². The van der Waals surface area contributed by atoms with E-state index in [9.17, 15) is 24.3 Å². The van der Waals surface area contributed by atoms with Gasteiger partial charge in [0.1, 0.15) is 19.3 Å². The SMILES string of the molecule is C=CCC[C@H](NC(=O)OCC1c2ccccc2-c2ccccc21)C(=O)OC[C@@H](NC(=O)[C@H](CC=C)CC(=O)N1Cc2ccccc2C[C@H]1CO)C(C)(C)C. The van der Waals surface area contributed by atoms with Gasteiger partial charge < -0.3 is 30.1 Å². The number of rotatable bonds is 16. The molecule has 54 heavy (non-hydrogen) atoms. The van der Waals surface area contributed by atoms with Crippen LogP contribution >= 0.6 is 0 Å². The smallest absolute Gasteiger partial charge is 0.407 e. The van der Waals surface area contributed by atoms with Crippen LogP contribution in [0.25, 0.3) is 11.1 Å². The molecule has 0 spiro atoms. The van der Waals surface area contributed by atoms with Crippen LogP contribution in [0.3, 0.4) is 0 Å². The van der Waals surface area contributed by atoms with Crippen LogP contribution in [0, 0.1) is 11.3 Å². The highest BCUT2D eigenvalue weighted by Gasteiger charge is 2.35. The molecule has 0 saturated heterocycles. The second kappa shape index (κ2) is 18.2. The van der Waals surface area contributed by atoms with Gasteiger partial charge in [0.25, 0.3) is 0 Å². The quantitative estimate of drug-likeness (QED) is 0.114. The molecule has 3 aromatic rings. The van der Waals surface area contributed by atoms with Crippen molar-refractivity contribution in [2.75, 3.05) is 19.8 Å². The van der Waals surface area contributed by atoms with Crippen LogP contribution in [0.5, 0.6) is 0 Å². The van der Waals surface area contributed by atoms with Crippen LogP contribution in [-0.2, 0) is 36.8 Å². The number of hydrogen-bond acceptors (Lipinski definition) is 7. The van der Waals surface area contributed by atoms with Crippen molar-refractivity contribution in [3.05, 3.63) is 120 Å². The number of benzene rings is 3. The summed E-state index contributed by atoms with van der Waals surface area (Å²) in [4.78, 5) is 55.6. The summed E-state index contributed by atoms with van der Waals surface area (Å²) in [5.41, 5.74) is 5.97. The van der Waals surface area contributed by atoms with Crippen molar-refractivity contribution < 1.29 is 33.8 Å². The molecule has 286 valence electrons. The lowest BCUT2D eigenvalue weighted by atomic mass is 9.86. The fourth-order valence-electron chi connectivity index (χ4n) is 7.23. The van der Waals surface area contributed by atoms with Gasteiger partial charge in [-0.2, -0.15) is 0 Å². The molecule has 0 radical (unpaired) electrons. The fourth-order valence-corrected chi connectivity index (χ4v) is 7.23. The molecule has 0 fully saturated rings. The molecule has 10 heteroatoms. The van der Waals surface area contributed by atoms with Gasteiger partial charge in [-0.05, 0) is 64.5 Å². The predicted molar refractivity (Wildman–Crippen MR) is 208 cm³/mol. The zero-order valence-electron chi connectivity index (χ0n) is 31.6. The van der Waals surface area contributed by atoms with Gasteiger partial charge in [0.15, 0.2) is 0 Å². The molecule has 1 heterocycles. The van der Waals surface area contributed by atoms with Crippen LogP contribution in [0.1, 0.15) is 74.6 Å². The lowest BCUT2D eigenvalue weighted by Gasteiger charge is -2.37. The number of aliphatic hydroxyl groups is 1. The number of carbonyl (C=O) groups is 4. The summed E-state index contributed by atoms with van der Waals surface area (Å²) in [5, 5.41) is 15.8. The third kappa shape index (κ3) is 9.65. The Labute approximate surface area is 318 Å². The minimum Gasteiger partial charge on any atom is -0.462 e. The van der Waals surface area contributed by atoms with Crippen LogP contribution in [-0.4, -0.2) is 71.8 Å². The van der Waals surface area contributed by atoms with E-state index in [1.165, 1.54) is 0 Å². The van der Waals surface area contributed by atoms with Crippen molar-refractivity contribution >= 4 is 23.9 Å². The number of alkyl carbamates (subject to hydrolysis) is 1. The Bertz CT molecular complexity index is 1790.